The molecule has 0 saturated heterocycles. The topological polar surface area (TPSA) is 84.5 Å². The highest BCUT2D eigenvalue weighted by molar-refractivity contribution is 7.88. The second-order valence-electron chi connectivity index (χ2n) is 3.88. The molecule has 0 aliphatic heterocycles. The maximum Gasteiger partial charge on any atom is 0.309 e. The van der Waals surface area contributed by atoms with Crippen LogP contribution in [0.25, 0.3) is 0 Å². The van der Waals surface area contributed by atoms with Gasteiger partial charge < -0.3 is 10.1 Å². The van der Waals surface area contributed by atoms with Crippen LogP contribution in [0.4, 0.5) is 0 Å². The van der Waals surface area contributed by atoms with Gasteiger partial charge in [-0.05, 0) is 19.9 Å². The largest absolute Gasteiger partial charge is 0.466 e. The lowest BCUT2D eigenvalue weighted by Gasteiger charge is -2.11. The Morgan fingerprint density at radius 2 is 2.00 bits per heavy atom. The monoisotopic (exact) mass is 266 g/mol. The molecular formula is C10H22N2O4S. The van der Waals surface area contributed by atoms with Crippen LogP contribution in [0.15, 0.2) is 0 Å². The lowest BCUT2D eigenvalue weighted by Crippen LogP contribution is -2.31. The molecule has 0 rings (SSSR count). The van der Waals surface area contributed by atoms with E-state index in [9.17, 15) is 13.2 Å². The summed E-state index contributed by atoms with van der Waals surface area (Å²) in [6.07, 6.45) is 1.81. The van der Waals surface area contributed by atoms with Gasteiger partial charge in [-0.2, -0.15) is 0 Å². The van der Waals surface area contributed by atoms with Crippen molar-refractivity contribution >= 4 is 16.0 Å². The molecule has 0 saturated carbocycles. The zero-order valence-electron chi connectivity index (χ0n) is 10.7. The average molecular weight is 266 g/mol. The molecule has 0 amide bonds. The summed E-state index contributed by atoms with van der Waals surface area (Å²) in [7, 11) is -3.10. The number of nitrogens with one attached hydrogen (secondary N) is 2. The van der Waals surface area contributed by atoms with E-state index in [-0.39, 0.29) is 11.9 Å². The molecule has 1 atom stereocenters. The van der Waals surface area contributed by atoms with E-state index in [0.29, 0.717) is 32.7 Å². The molecule has 7 heteroatoms. The van der Waals surface area contributed by atoms with Crippen molar-refractivity contribution in [3.05, 3.63) is 0 Å². The Bertz CT molecular complexity index is 316. The Labute approximate surface area is 103 Å². The van der Waals surface area contributed by atoms with Crippen molar-refractivity contribution < 1.29 is 17.9 Å². The highest BCUT2D eigenvalue weighted by Crippen LogP contribution is 1.96. The Morgan fingerprint density at radius 1 is 1.35 bits per heavy atom. The molecule has 0 radical (unpaired) electrons. The lowest BCUT2D eigenvalue weighted by molar-refractivity contribution is -0.147. The molecule has 102 valence electrons. The van der Waals surface area contributed by atoms with E-state index in [0.717, 1.165) is 6.26 Å². The van der Waals surface area contributed by atoms with Crippen LogP contribution in [-0.4, -0.2) is 46.9 Å². The third-order valence-corrected chi connectivity index (χ3v) is 2.76. The standard InChI is InChI=1S/C10H22N2O4S/c1-4-16-10(13)9(2)8-11-6-5-7-12-17(3,14)15/h9,11-12H,4-8H2,1-3H3. The maximum atomic E-state index is 11.2. The van der Waals surface area contributed by atoms with Crippen LogP contribution in [-0.2, 0) is 19.6 Å². The van der Waals surface area contributed by atoms with Gasteiger partial charge in [0, 0.05) is 13.1 Å². The normalized spacial score (nSPS) is 13.4. The zero-order valence-corrected chi connectivity index (χ0v) is 11.5. The quantitative estimate of drug-likeness (QED) is 0.443. The van der Waals surface area contributed by atoms with Crippen LogP contribution in [0.1, 0.15) is 20.3 Å². The van der Waals surface area contributed by atoms with E-state index in [2.05, 4.69) is 10.0 Å². The van der Waals surface area contributed by atoms with Gasteiger partial charge in [0.05, 0.1) is 18.8 Å². The summed E-state index contributed by atoms with van der Waals surface area (Å²) in [4.78, 5) is 11.2. The van der Waals surface area contributed by atoms with Gasteiger partial charge in [-0.25, -0.2) is 13.1 Å². The van der Waals surface area contributed by atoms with E-state index in [4.69, 9.17) is 4.74 Å². The third kappa shape index (κ3) is 10.2. The molecule has 0 aromatic rings. The molecule has 0 aliphatic carbocycles. The van der Waals surface area contributed by atoms with Gasteiger partial charge in [0.1, 0.15) is 0 Å². The number of rotatable bonds is 9. The van der Waals surface area contributed by atoms with Crippen LogP contribution in [0.2, 0.25) is 0 Å². The van der Waals surface area contributed by atoms with Crippen molar-refractivity contribution in [2.75, 3.05) is 32.5 Å². The third-order valence-electron chi connectivity index (χ3n) is 2.03. The number of carbonyl (C=O) groups excluding carboxylic acids is 1. The average Bonchev–Trinajstić information content (AvgIpc) is 2.21. The molecule has 17 heavy (non-hydrogen) atoms. The molecule has 6 nitrogen and oxygen atoms in total. The summed E-state index contributed by atoms with van der Waals surface area (Å²) < 4.78 is 28.7. The second kappa shape index (κ2) is 8.43. The summed E-state index contributed by atoms with van der Waals surface area (Å²) in [6.45, 7) is 5.56. The number of hydrogen-bond acceptors (Lipinski definition) is 5. The number of carbonyl (C=O) groups is 1. The van der Waals surface area contributed by atoms with E-state index in [1.165, 1.54) is 0 Å². The molecule has 0 spiro atoms. The molecular weight excluding hydrogens is 244 g/mol. The summed E-state index contributed by atoms with van der Waals surface area (Å²) >= 11 is 0. The van der Waals surface area contributed by atoms with Crippen LogP contribution in [0, 0.1) is 5.92 Å². The number of esters is 1. The van der Waals surface area contributed by atoms with Gasteiger partial charge >= 0.3 is 5.97 Å². The highest BCUT2D eigenvalue weighted by atomic mass is 32.2. The summed E-state index contributed by atoms with van der Waals surface area (Å²) in [5.41, 5.74) is 0. The fourth-order valence-corrected chi connectivity index (χ4v) is 1.67. The first-order chi connectivity index (χ1) is 7.87. The van der Waals surface area contributed by atoms with Crippen LogP contribution in [0.3, 0.4) is 0 Å². The van der Waals surface area contributed by atoms with Crippen molar-refractivity contribution in [3.63, 3.8) is 0 Å². The number of hydrogen-bond donors (Lipinski definition) is 2. The van der Waals surface area contributed by atoms with Gasteiger partial charge in [0.25, 0.3) is 0 Å². The molecule has 2 N–H and O–H groups in total. The summed E-state index contributed by atoms with van der Waals surface area (Å²) in [5, 5.41) is 3.08. The first kappa shape index (κ1) is 16.3. The zero-order chi connectivity index (χ0) is 13.3. The molecule has 1 unspecified atom stereocenters. The minimum Gasteiger partial charge on any atom is -0.466 e. The van der Waals surface area contributed by atoms with Crippen molar-refractivity contribution in [1.82, 2.24) is 10.0 Å². The van der Waals surface area contributed by atoms with Gasteiger partial charge in [-0.3, -0.25) is 4.79 Å². The van der Waals surface area contributed by atoms with E-state index < -0.39 is 10.0 Å². The Morgan fingerprint density at radius 3 is 2.53 bits per heavy atom. The molecule has 0 heterocycles. The summed E-state index contributed by atoms with van der Waals surface area (Å²) in [5.74, 6) is -0.396. The smallest absolute Gasteiger partial charge is 0.309 e. The van der Waals surface area contributed by atoms with Crippen molar-refractivity contribution in [3.8, 4) is 0 Å². The fourth-order valence-electron chi connectivity index (χ4n) is 1.16. The van der Waals surface area contributed by atoms with Gasteiger partial charge in [-0.15, -0.1) is 0 Å². The Balaban J connectivity index is 3.48. The molecule has 0 aromatic heterocycles. The second-order valence-corrected chi connectivity index (χ2v) is 5.71. The maximum absolute atomic E-state index is 11.2. The van der Waals surface area contributed by atoms with Crippen LogP contribution >= 0.6 is 0 Å². The predicted molar refractivity (Wildman–Crippen MR) is 66.1 cm³/mol. The van der Waals surface area contributed by atoms with Crippen LogP contribution < -0.4 is 10.0 Å². The fraction of sp³-hybridized carbons (Fsp3) is 0.900. The molecule has 0 fully saturated rings. The van der Waals surface area contributed by atoms with Gasteiger partial charge in [0.2, 0.25) is 10.0 Å². The van der Waals surface area contributed by atoms with Crippen molar-refractivity contribution in [1.29, 1.82) is 0 Å². The minimum atomic E-state index is -3.10. The first-order valence-electron chi connectivity index (χ1n) is 5.68. The van der Waals surface area contributed by atoms with Crippen LogP contribution in [0.5, 0.6) is 0 Å². The minimum absolute atomic E-state index is 0.183. The molecule has 0 aliphatic rings. The van der Waals surface area contributed by atoms with Gasteiger partial charge in [-0.1, -0.05) is 6.92 Å². The summed E-state index contributed by atoms with van der Waals surface area (Å²) in [6, 6.07) is 0. The SMILES string of the molecule is CCOC(=O)C(C)CNCCCNS(C)(=O)=O. The Kier molecular flexibility index (Phi) is 8.11. The van der Waals surface area contributed by atoms with E-state index in [1.54, 1.807) is 13.8 Å². The molecule has 0 aromatic carbocycles. The van der Waals surface area contributed by atoms with Crippen molar-refractivity contribution in [2.45, 2.75) is 20.3 Å². The lowest BCUT2D eigenvalue weighted by atomic mass is 10.2. The number of ether oxygens (including phenoxy) is 1. The Hall–Kier alpha value is -0.660. The highest BCUT2D eigenvalue weighted by Gasteiger charge is 2.12. The first-order valence-corrected chi connectivity index (χ1v) is 7.58. The van der Waals surface area contributed by atoms with E-state index >= 15 is 0 Å². The molecule has 0 bridgehead atoms. The van der Waals surface area contributed by atoms with E-state index in [1.807, 2.05) is 0 Å². The van der Waals surface area contributed by atoms with Gasteiger partial charge in [0.15, 0.2) is 0 Å². The number of sulfonamides is 1. The predicted octanol–water partition coefficient (Wildman–Crippen LogP) is -0.285. The van der Waals surface area contributed by atoms with Crippen molar-refractivity contribution in [2.24, 2.45) is 5.92 Å².